The van der Waals surface area contributed by atoms with E-state index in [1.165, 1.54) is 0 Å². The first-order valence-corrected chi connectivity index (χ1v) is 4.22. The van der Waals surface area contributed by atoms with E-state index in [1.807, 2.05) is 0 Å². The van der Waals surface area contributed by atoms with Crippen LogP contribution in [0.2, 0.25) is 0 Å². The van der Waals surface area contributed by atoms with Crippen LogP contribution in [-0.2, 0) is 4.79 Å². The van der Waals surface area contributed by atoms with Gasteiger partial charge in [-0.05, 0) is 5.92 Å². The molecule has 0 aliphatic rings. The third kappa shape index (κ3) is 6.41. The molecule has 0 saturated carbocycles. The summed E-state index contributed by atoms with van der Waals surface area (Å²) in [7, 11) is 0. The van der Waals surface area contributed by atoms with Crippen molar-refractivity contribution in [2.45, 2.75) is 26.0 Å². The van der Waals surface area contributed by atoms with Crippen LogP contribution in [0.25, 0.3) is 0 Å². The summed E-state index contributed by atoms with van der Waals surface area (Å²) >= 11 is 0. The summed E-state index contributed by atoms with van der Waals surface area (Å²) in [6.45, 7) is 3.13. The fraction of sp³-hybridized carbons (Fsp3) is 0.875. The standard InChI is InChI=1S/C8H17NO4.Li/c1-5(2)7(8(12)13)9-3-6(11)4-10;/h5-7,9-11H,3-4H2,1-2H3,(H,12,13);/q;+1/p-1. The van der Waals surface area contributed by atoms with Crippen LogP contribution in [0, 0.1) is 5.92 Å². The molecule has 0 fully saturated rings. The van der Waals surface area contributed by atoms with Crippen LogP contribution < -0.4 is 29.3 Å². The molecule has 78 valence electrons. The molecule has 0 aromatic carbocycles. The molecule has 0 rings (SSSR count). The Hall–Kier alpha value is -0.0526. The van der Waals surface area contributed by atoms with Crippen LogP contribution in [0.3, 0.4) is 0 Å². The molecular weight excluding hydrogens is 181 g/mol. The molecule has 0 amide bonds. The van der Waals surface area contributed by atoms with Crippen LogP contribution in [0.15, 0.2) is 0 Å². The molecule has 14 heavy (non-hydrogen) atoms. The quantitative estimate of drug-likeness (QED) is 0.370. The number of aliphatic hydroxyl groups excluding tert-OH is 2. The van der Waals surface area contributed by atoms with E-state index in [4.69, 9.17) is 10.2 Å². The van der Waals surface area contributed by atoms with Crippen LogP contribution >= 0.6 is 0 Å². The maximum atomic E-state index is 10.5. The normalized spacial score (nSPS) is 14.6. The van der Waals surface area contributed by atoms with Gasteiger partial charge in [0.25, 0.3) is 0 Å². The van der Waals surface area contributed by atoms with Crippen molar-refractivity contribution in [3.05, 3.63) is 0 Å². The van der Waals surface area contributed by atoms with Crippen molar-refractivity contribution < 1.29 is 39.0 Å². The molecule has 0 aliphatic carbocycles. The number of carbonyl (C=O) groups excluding carboxylic acids is 1. The maximum Gasteiger partial charge on any atom is 1.00 e. The summed E-state index contributed by atoms with van der Waals surface area (Å²) in [6.07, 6.45) is -0.930. The zero-order valence-electron chi connectivity index (χ0n) is 8.86. The number of carboxylic acid groups (broad SMARTS) is 1. The van der Waals surface area contributed by atoms with Gasteiger partial charge in [0.2, 0.25) is 0 Å². The van der Waals surface area contributed by atoms with Crippen molar-refractivity contribution in [3.63, 3.8) is 0 Å². The first-order chi connectivity index (χ1) is 5.99. The Kier molecular flexibility index (Phi) is 9.68. The predicted octanol–water partition coefficient (Wildman–Crippen LogP) is -5.29. The second-order valence-corrected chi connectivity index (χ2v) is 3.29. The molecule has 2 atom stereocenters. The van der Waals surface area contributed by atoms with Gasteiger partial charge in [-0.15, -0.1) is 0 Å². The Morgan fingerprint density at radius 3 is 2.29 bits per heavy atom. The van der Waals surface area contributed by atoms with Crippen LogP contribution in [-0.4, -0.2) is 41.5 Å². The number of carboxylic acids is 1. The molecule has 0 heterocycles. The Labute approximate surface area is 95.7 Å². The van der Waals surface area contributed by atoms with Gasteiger partial charge in [0, 0.05) is 12.6 Å². The Morgan fingerprint density at radius 1 is 1.50 bits per heavy atom. The van der Waals surface area contributed by atoms with Crippen LogP contribution in [0.1, 0.15) is 13.8 Å². The summed E-state index contributed by atoms with van der Waals surface area (Å²) in [4.78, 5) is 10.5. The molecule has 0 saturated heterocycles. The third-order valence-electron chi connectivity index (χ3n) is 1.70. The average Bonchev–Trinajstić information content (AvgIpc) is 2.03. The number of hydrogen-bond acceptors (Lipinski definition) is 5. The van der Waals surface area contributed by atoms with Gasteiger partial charge >= 0.3 is 18.9 Å². The van der Waals surface area contributed by atoms with E-state index in [2.05, 4.69) is 5.32 Å². The summed E-state index contributed by atoms with van der Waals surface area (Å²) in [5, 5.41) is 30.5. The zero-order chi connectivity index (χ0) is 10.4. The van der Waals surface area contributed by atoms with Crippen molar-refractivity contribution in [1.29, 1.82) is 0 Å². The van der Waals surface area contributed by atoms with E-state index in [-0.39, 0.29) is 37.9 Å². The summed E-state index contributed by atoms with van der Waals surface area (Å²) < 4.78 is 0. The van der Waals surface area contributed by atoms with Crippen molar-refractivity contribution in [1.82, 2.24) is 5.32 Å². The topological polar surface area (TPSA) is 92.6 Å². The largest absolute Gasteiger partial charge is 1.00 e. The van der Waals surface area contributed by atoms with Gasteiger partial charge in [-0.3, -0.25) is 0 Å². The maximum absolute atomic E-state index is 10.5. The molecular formula is C8H16LiNO4. The predicted molar refractivity (Wildman–Crippen MR) is 44.7 cm³/mol. The van der Waals surface area contributed by atoms with Crippen molar-refractivity contribution in [2.75, 3.05) is 13.2 Å². The second kappa shape index (κ2) is 8.27. The Balaban J connectivity index is 0. The van der Waals surface area contributed by atoms with Crippen LogP contribution in [0.5, 0.6) is 0 Å². The molecule has 0 aromatic heterocycles. The molecule has 5 nitrogen and oxygen atoms in total. The molecule has 0 aromatic rings. The fourth-order valence-corrected chi connectivity index (χ4v) is 0.919. The number of carbonyl (C=O) groups is 1. The van der Waals surface area contributed by atoms with E-state index < -0.39 is 18.1 Å². The van der Waals surface area contributed by atoms with Gasteiger partial charge in [0.05, 0.1) is 18.7 Å². The monoisotopic (exact) mass is 197 g/mol. The summed E-state index contributed by atoms with van der Waals surface area (Å²) in [5.41, 5.74) is 0. The van der Waals surface area contributed by atoms with E-state index in [1.54, 1.807) is 13.8 Å². The van der Waals surface area contributed by atoms with Crippen molar-refractivity contribution in [2.24, 2.45) is 5.92 Å². The van der Waals surface area contributed by atoms with Crippen molar-refractivity contribution >= 4 is 5.97 Å². The van der Waals surface area contributed by atoms with E-state index >= 15 is 0 Å². The molecule has 0 aliphatic heterocycles. The molecule has 2 unspecified atom stereocenters. The van der Waals surface area contributed by atoms with E-state index in [0.717, 1.165) is 0 Å². The van der Waals surface area contributed by atoms with Gasteiger partial charge < -0.3 is 25.4 Å². The number of hydrogen-bond donors (Lipinski definition) is 3. The smallest absolute Gasteiger partial charge is 0.548 e. The van der Waals surface area contributed by atoms with E-state index in [0.29, 0.717) is 0 Å². The van der Waals surface area contributed by atoms with Crippen LogP contribution in [0.4, 0.5) is 0 Å². The van der Waals surface area contributed by atoms with E-state index in [9.17, 15) is 9.90 Å². The second-order valence-electron chi connectivity index (χ2n) is 3.29. The van der Waals surface area contributed by atoms with Gasteiger partial charge in [-0.2, -0.15) is 0 Å². The summed E-state index contributed by atoms with van der Waals surface area (Å²) in [5.74, 6) is -1.31. The van der Waals surface area contributed by atoms with Gasteiger partial charge in [-0.1, -0.05) is 13.8 Å². The first-order valence-electron chi connectivity index (χ1n) is 4.22. The minimum absolute atomic E-state index is 0. The third-order valence-corrected chi connectivity index (χ3v) is 1.70. The molecule has 0 bridgehead atoms. The minimum Gasteiger partial charge on any atom is -0.548 e. The molecule has 6 heteroatoms. The first kappa shape index (κ1) is 16.4. The summed E-state index contributed by atoms with van der Waals surface area (Å²) in [6, 6.07) is -0.791. The number of aliphatic hydroxyl groups is 2. The fourth-order valence-electron chi connectivity index (χ4n) is 0.919. The Bertz CT molecular complexity index is 165. The number of nitrogens with one attached hydrogen (secondary N) is 1. The SMILES string of the molecule is CC(C)C(NCC(O)CO)C(=O)[O-].[Li+]. The number of aliphatic carboxylic acids is 1. The Morgan fingerprint density at radius 2 is 2.00 bits per heavy atom. The van der Waals surface area contributed by atoms with Gasteiger partial charge in [0.15, 0.2) is 0 Å². The van der Waals surface area contributed by atoms with Gasteiger partial charge in [-0.25, -0.2) is 0 Å². The molecule has 0 spiro atoms. The van der Waals surface area contributed by atoms with Crippen molar-refractivity contribution in [3.8, 4) is 0 Å². The average molecular weight is 197 g/mol. The molecule has 3 N–H and O–H groups in total. The number of rotatable bonds is 6. The molecule has 0 radical (unpaired) electrons. The minimum atomic E-state index is -1.19. The van der Waals surface area contributed by atoms with Gasteiger partial charge in [0.1, 0.15) is 0 Å². The zero-order valence-corrected chi connectivity index (χ0v) is 8.86.